The van der Waals surface area contributed by atoms with E-state index >= 15 is 0 Å². The number of nitrogens with zero attached hydrogens (tertiary/aromatic N) is 1. The first kappa shape index (κ1) is 13.1. The van der Waals surface area contributed by atoms with Crippen molar-refractivity contribution in [1.82, 2.24) is 4.90 Å². The van der Waals surface area contributed by atoms with Crippen LogP contribution in [0.4, 0.5) is 0 Å². The van der Waals surface area contributed by atoms with Crippen molar-refractivity contribution in [3.63, 3.8) is 0 Å². The van der Waals surface area contributed by atoms with Crippen molar-refractivity contribution in [2.24, 2.45) is 17.8 Å². The standard InChI is InChI=1S/C14H21NO3/c1-2-10-8-11(12(9-10)14(17)18)13(16)15-6-4-3-5-7-15/h3-4,10-12H,2,5-9H2,1H3,(H,17,18)/t10?,11-,12+/m0/s1. The van der Waals surface area contributed by atoms with Crippen LogP contribution in [-0.2, 0) is 9.59 Å². The summed E-state index contributed by atoms with van der Waals surface area (Å²) >= 11 is 0. The van der Waals surface area contributed by atoms with Crippen LogP contribution >= 0.6 is 0 Å². The van der Waals surface area contributed by atoms with Crippen LogP contribution in [0.2, 0.25) is 0 Å². The minimum Gasteiger partial charge on any atom is -0.481 e. The molecule has 0 aromatic heterocycles. The summed E-state index contributed by atoms with van der Waals surface area (Å²) in [5.41, 5.74) is 0. The van der Waals surface area contributed by atoms with Gasteiger partial charge >= 0.3 is 5.97 Å². The first-order valence-corrected chi connectivity index (χ1v) is 6.80. The average Bonchev–Trinajstić information content (AvgIpc) is 2.83. The summed E-state index contributed by atoms with van der Waals surface area (Å²) in [6.07, 6.45) is 7.31. The Hall–Kier alpha value is -1.32. The van der Waals surface area contributed by atoms with Gasteiger partial charge in [-0.1, -0.05) is 25.5 Å². The summed E-state index contributed by atoms with van der Waals surface area (Å²) < 4.78 is 0. The maximum absolute atomic E-state index is 12.4. The number of carboxylic acid groups (broad SMARTS) is 1. The molecule has 100 valence electrons. The molecule has 1 aliphatic heterocycles. The van der Waals surface area contributed by atoms with Gasteiger partial charge in [0.15, 0.2) is 0 Å². The van der Waals surface area contributed by atoms with Gasteiger partial charge in [0.05, 0.1) is 11.8 Å². The van der Waals surface area contributed by atoms with Crippen molar-refractivity contribution in [1.29, 1.82) is 0 Å². The average molecular weight is 251 g/mol. The number of carbonyl (C=O) groups excluding carboxylic acids is 1. The highest BCUT2D eigenvalue weighted by Crippen LogP contribution is 2.39. The molecule has 2 rings (SSSR count). The Kier molecular flexibility index (Phi) is 4.04. The van der Waals surface area contributed by atoms with E-state index < -0.39 is 11.9 Å². The van der Waals surface area contributed by atoms with Crippen LogP contribution in [0.25, 0.3) is 0 Å². The normalized spacial score (nSPS) is 31.6. The van der Waals surface area contributed by atoms with Crippen LogP contribution in [0.15, 0.2) is 12.2 Å². The number of aliphatic carboxylic acids is 1. The predicted molar refractivity (Wildman–Crippen MR) is 68.0 cm³/mol. The fraction of sp³-hybridized carbons (Fsp3) is 0.714. The van der Waals surface area contributed by atoms with Gasteiger partial charge in [-0.05, 0) is 25.2 Å². The first-order valence-electron chi connectivity index (χ1n) is 6.80. The number of amides is 1. The molecule has 0 spiro atoms. The van der Waals surface area contributed by atoms with E-state index in [2.05, 4.69) is 13.0 Å². The lowest BCUT2D eigenvalue weighted by Gasteiger charge is -2.27. The Balaban J connectivity index is 2.07. The molecule has 0 aromatic rings. The maximum Gasteiger partial charge on any atom is 0.307 e. The van der Waals surface area contributed by atoms with Crippen molar-refractivity contribution in [2.45, 2.75) is 32.6 Å². The Morgan fingerprint density at radius 1 is 1.28 bits per heavy atom. The Labute approximate surface area is 108 Å². The fourth-order valence-electron chi connectivity index (χ4n) is 3.10. The lowest BCUT2D eigenvalue weighted by molar-refractivity contribution is -0.149. The number of hydrogen-bond acceptors (Lipinski definition) is 2. The molecule has 1 unspecified atom stereocenters. The molecule has 2 aliphatic rings. The fourth-order valence-corrected chi connectivity index (χ4v) is 3.10. The Morgan fingerprint density at radius 2 is 2.00 bits per heavy atom. The van der Waals surface area contributed by atoms with Gasteiger partial charge < -0.3 is 10.0 Å². The maximum atomic E-state index is 12.4. The van der Waals surface area contributed by atoms with Crippen LogP contribution in [-0.4, -0.2) is 35.0 Å². The van der Waals surface area contributed by atoms with Gasteiger partial charge in [0.2, 0.25) is 5.91 Å². The minimum atomic E-state index is -0.808. The molecule has 1 heterocycles. The van der Waals surface area contributed by atoms with Crippen LogP contribution in [0.3, 0.4) is 0 Å². The third-order valence-corrected chi connectivity index (χ3v) is 4.24. The van der Waals surface area contributed by atoms with Gasteiger partial charge in [0.25, 0.3) is 0 Å². The molecule has 1 amide bonds. The number of hydrogen-bond donors (Lipinski definition) is 1. The zero-order valence-corrected chi connectivity index (χ0v) is 10.8. The van der Waals surface area contributed by atoms with Crippen molar-refractivity contribution in [3.8, 4) is 0 Å². The molecule has 4 nitrogen and oxygen atoms in total. The number of carbonyl (C=O) groups is 2. The van der Waals surface area contributed by atoms with E-state index in [1.165, 1.54) is 0 Å². The molecule has 3 atom stereocenters. The zero-order chi connectivity index (χ0) is 13.1. The molecule has 1 fully saturated rings. The molecule has 0 bridgehead atoms. The molecule has 0 saturated heterocycles. The van der Waals surface area contributed by atoms with Crippen molar-refractivity contribution in [3.05, 3.63) is 12.2 Å². The van der Waals surface area contributed by atoms with E-state index in [0.29, 0.717) is 18.9 Å². The molecular formula is C14H21NO3. The van der Waals surface area contributed by atoms with Gasteiger partial charge in [-0.15, -0.1) is 0 Å². The highest BCUT2D eigenvalue weighted by Gasteiger charge is 2.43. The summed E-state index contributed by atoms with van der Waals surface area (Å²) in [4.78, 5) is 25.5. The molecule has 18 heavy (non-hydrogen) atoms. The molecule has 1 N–H and O–H groups in total. The molecule has 4 heteroatoms. The van der Waals surface area contributed by atoms with E-state index in [9.17, 15) is 14.7 Å². The van der Waals surface area contributed by atoms with Gasteiger partial charge in [-0.2, -0.15) is 0 Å². The minimum absolute atomic E-state index is 0.0442. The monoisotopic (exact) mass is 251 g/mol. The van der Waals surface area contributed by atoms with Gasteiger partial charge in [0, 0.05) is 13.1 Å². The van der Waals surface area contributed by atoms with Gasteiger partial charge in [-0.25, -0.2) is 0 Å². The van der Waals surface area contributed by atoms with E-state index in [4.69, 9.17) is 0 Å². The third kappa shape index (κ3) is 2.57. The largest absolute Gasteiger partial charge is 0.481 e. The van der Waals surface area contributed by atoms with Crippen molar-refractivity contribution in [2.75, 3.05) is 13.1 Å². The summed E-state index contributed by atoms with van der Waals surface area (Å²) in [5, 5.41) is 9.26. The third-order valence-electron chi connectivity index (χ3n) is 4.24. The smallest absolute Gasteiger partial charge is 0.307 e. The van der Waals surface area contributed by atoms with Crippen LogP contribution < -0.4 is 0 Å². The van der Waals surface area contributed by atoms with Gasteiger partial charge in [-0.3, -0.25) is 9.59 Å². The summed E-state index contributed by atoms with van der Waals surface area (Å²) in [6, 6.07) is 0. The summed E-state index contributed by atoms with van der Waals surface area (Å²) in [6.45, 7) is 3.44. The second kappa shape index (κ2) is 5.55. The van der Waals surface area contributed by atoms with Crippen LogP contribution in [0.1, 0.15) is 32.6 Å². The number of carboxylic acids is 1. The Morgan fingerprint density at radius 3 is 2.56 bits per heavy atom. The van der Waals surface area contributed by atoms with Crippen LogP contribution in [0, 0.1) is 17.8 Å². The second-order valence-electron chi connectivity index (χ2n) is 5.34. The van der Waals surface area contributed by atoms with E-state index in [0.717, 1.165) is 25.8 Å². The van der Waals surface area contributed by atoms with Crippen molar-refractivity contribution >= 4 is 11.9 Å². The van der Waals surface area contributed by atoms with Gasteiger partial charge in [0.1, 0.15) is 0 Å². The summed E-state index contributed by atoms with van der Waals surface area (Å²) in [7, 11) is 0. The highest BCUT2D eigenvalue weighted by molar-refractivity contribution is 5.85. The molecule has 1 saturated carbocycles. The molecule has 1 aliphatic carbocycles. The predicted octanol–water partition coefficient (Wildman–Crippen LogP) is 1.91. The van der Waals surface area contributed by atoms with E-state index in [-0.39, 0.29) is 11.8 Å². The summed E-state index contributed by atoms with van der Waals surface area (Å²) in [5.74, 6) is -1.16. The SMILES string of the molecule is CCC1C[C@H](C(=O)N2CC=CCC2)[C@H](C(=O)O)C1. The lowest BCUT2D eigenvalue weighted by atomic mass is 9.94. The molecule has 0 radical (unpaired) electrons. The molecular weight excluding hydrogens is 230 g/mol. The topological polar surface area (TPSA) is 57.6 Å². The Bertz CT molecular complexity index is 364. The van der Waals surface area contributed by atoms with E-state index in [1.54, 1.807) is 4.90 Å². The number of rotatable bonds is 3. The van der Waals surface area contributed by atoms with E-state index in [1.807, 2.05) is 6.08 Å². The van der Waals surface area contributed by atoms with Crippen LogP contribution in [0.5, 0.6) is 0 Å². The quantitative estimate of drug-likeness (QED) is 0.779. The lowest BCUT2D eigenvalue weighted by Crippen LogP contribution is -2.40. The first-order chi connectivity index (χ1) is 8.63. The highest BCUT2D eigenvalue weighted by atomic mass is 16.4. The molecule has 0 aromatic carbocycles. The zero-order valence-electron chi connectivity index (χ0n) is 10.8. The second-order valence-corrected chi connectivity index (χ2v) is 5.34. The van der Waals surface area contributed by atoms with Crippen molar-refractivity contribution < 1.29 is 14.7 Å².